The van der Waals surface area contributed by atoms with Crippen LogP contribution in [0.1, 0.15) is 93.4 Å². The molecular formula is C30H42O8. The molecule has 0 heterocycles. The van der Waals surface area contributed by atoms with Gasteiger partial charge in [-0.05, 0) is 43.6 Å². The second-order valence-corrected chi connectivity index (χ2v) is 14.0. The van der Waals surface area contributed by atoms with Crippen LogP contribution in [-0.4, -0.2) is 56.1 Å². The summed E-state index contributed by atoms with van der Waals surface area (Å²) in [7, 11) is 0. The number of rotatable bonds is 6. The molecule has 0 saturated heterocycles. The molecule has 4 aliphatic carbocycles. The van der Waals surface area contributed by atoms with Gasteiger partial charge in [-0.3, -0.25) is 24.0 Å². The molecular weight excluding hydrogens is 488 g/mol. The van der Waals surface area contributed by atoms with Crippen LogP contribution in [-0.2, 0) is 24.0 Å². The number of aliphatic hydroxyl groups is 2. The molecule has 2 fully saturated rings. The standard InChI is InChI=1S/C30H42O8/c1-15(25(36)37)10-16(31)13-29(6,38)20-12-22(35)30(7)24-17(32)11-19-26(2,3)21(34)8-9-27(19,4)23(24)18(33)14-28(20,30)5/h15,17,19-20,32,38H,8-14H2,1-7H3,(H,36,37)/t15?,17?,19?,20?,27-,28+,29-,30-/m0/s1. The molecule has 0 bridgehead atoms. The first-order chi connectivity index (χ1) is 17.2. The van der Waals surface area contributed by atoms with E-state index in [1.54, 1.807) is 13.8 Å². The van der Waals surface area contributed by atoms with Gasteiger partial charge in [-0.1, -0.05) is 34.6 Å². The van der Waals surface area contributed by atoms with Gasteiger partial charge in [0.2, 0.25) is 0 Å². The lowest BCUT2D eigenvalue weighted by Crippen LogP contribution is -2.60. The Morgan fingerprint density at radius 1 is 1.08 bits per heavy atom. The normalized spacial score (nSPS) is 40.7. The fourth-order valence-electron chi connectivity index (χ4n) is 8.97. The van der Waals surface area contributed by atoms with Gasteiger partial charge < -0.3 is 15.3 Å². The molecule has 0 aromatic heterocycles. The van der Waals surface area contributed by atoms with E-state index in [1.165, 1.54) is 13.8 Å². The van der Waals surface area contributed by atoms with Crippen molar-refractivity contribution < 1.29 is 39.3 Å². The molecule has 4 unspecified atom stereocenters. The van der Waals surface area contributed by atoms with Gasteiger partial charge in [0.05, 0.1) is 23.0 Å². The monoisotopic (exact) mass is 530 g/mol. The van der Waals surface area contributed by atoms with E-state index in [1.807, 2.05) is 20.8 Å². The first kappa shape index (κ1) is 28.8. The molecule has 0 amide bonds. The Morgan fingerprint density at radius 2 is 1.68 bits per heavy atom. The van der Waals surface area contributed by atoms with Crippen molar-refractivity contribution in [2.45, 2.75) is 105 Å². The number of Topliss-reactive ketones (excluding diaryl/α,β-unsaturated/α-hetero) is 4. The minimum atomic E-state index is -1.65. The van der Waals surface area contributed by atoms with Crippen LogP contribution < -0.4 is 0 Å². The number of aliphatic hydroxyl groups excluding tert-OH is 1. The van der Waals surface area contributed by atoms with Crippen molar-refractivity contribution >= 4 is 29.1 Å². The van der Waals surface area contributed by atoms with Crippen LogP contribution in [0.5, 0.6) is 0 Å². The van der Waals surface area contributed by atoms with Gasteiger partial charge in [0.15, 0.2) is 5.78 Å². The van der Waals surface area contributed by atoms with Gasteiger partial charge in [-0.25, -0.2) is 0 Å². The molecule has 4 rings (SSSR count). The predicted molar refractivity (Wildman–Crippen MR) is 138 cm³/mol. The quantitative estimate of drug-likeness (QED) is 0.473. The van der Waals surface area contributed by atoms with E-state index in [2.05, 4.69) is 0 Å². The number of carboxylic acids is 1. The van der Waals surface area contributed by atoms with E-state index < -0.39 is 57.0 Å². The number of carbonyl (C=O) groups excluding carboxylic acids is 4. The van der Waals surface area contributed by atoms with Gasteiger partial charge in [0, 0.05) is 54.4 Å². The highest BCUT2D eigenvalue weighted by molar-refractivity contribution is 6.05. The van der Waals surface area contributed by atoms with Crippen molar-refractivity contribution in [3.63, 3.8) is 0 Å². The SMILES string of the molecule is CC(CC(=O)C[C@](C)(O)C1CC(=O)[C@@]2(C)C3=C(C(=O)C[C@]12C)[C@@]1(C)CCC(=O)C(C)(C)C1CC3O)C(=O)O. The summed E-state index contributed by atoms with van der Waals surface area (Å²) in [4.78, 5) is 64.8. The Kier molecular flexibility index (Phi) is 6.56. The summed E-state index contributed by atoms with van der Waals surface area (Å²) in [6, 6.07) is 0. The molecule has 0 aromatic carbocycles. The Balaban J connectivity index is 1.79. The van der Waals surface area contributed by atoms with E-state index >= 15 is 0 Å². The average Bonchev–Trinajstić information content (AvgIpc) is 2.99. The highest BCUT2D eigenvalue weighted by Gasteiger charge is 2.71. The van der Waals surface area contributed by atoms with Gasteiger partial charge in [0.1, 0.15) is 17.3 Å². The van der Waals surface area contributed by atoms with Crippen molar-refractivity contribution in [1.82, 2.24) is 0 Å². The van der Waals surface area contributed by atoms with Crippen LogP contribution in [0.25, 0.3) is 0 Å². The largest absolute Gasteiger partial charge is 0.481 e. The maximum Gasteiger partial charge on any atom is 0.306 e. The highest BCUT2D eigenvalue weighted by atomic mass is 16.4. The number of hydrogen-bond acceptors (Lipinski definition) is 7. The van der Waals surface area contributed by atoms with Gasteiger partial charge >= 0.3 is 5.97 Å². The summed E-state index contributed by atoms with van der Waals surface area (Å²) < 4.78 is 0. The topological polar surface area (TPSA) is 146 Å². The van der Waals surface area contributed by atoms with Crippen molar-refractivity contribution in [3.8, 4) is 0 Å². The number of fused-ring (bicyclic) bond motifs is 4. The molecule has 2 saturated carbocycles. The number of aliphatic carboxylic acids is 1. The summed E-state index contributed by atoms with van der Waals surface area (Å²) >= 11 is 0. The molecule has 0 radical (unpaired) electrons. The Labute approximate surface area is 224 Å². The van der Waals surface area contributed by atoms with Crippen LogP contribution in [0.3, 0.4) is 0 Å². The van der Waals surface area contributed by atoms with Crippen molar-refractivity contribution in [2.75, 3.05) is 0 Å². The van der Waals surface area contributed by atoms with Crippen LogP contribution >= 0.6 is 0 Å². The van der Waals surface area contributed by atoms with Crippen molar-refractivity contribution in [1.29, 1.82) is 0 Å². The summed E-state index contributed by atoms with van der Waals surface area (Å²) in [5.74, 6) is -3.63. The number of carbonyl (C=O) groups is 5. The molecule has 0 aromatic rings. The summed E-state index contributed by atoms with van der Waals surface area (Å²) in [5.41, 5.74) is -4.36. The lowest BCUT2D eigenvalue weighted by atomic mass is 9.42. The first-order valence-electron chi connectivity index (χ1n) is 13.7. The number of hydrogen-bond donors (Lipinski definition) is 3. The molecule has 3 N–H and O–H groups in total. The second-order valence-electron chi connectivity index (χ2n) is 14.0. The zero-order chi connectivity index (χ0) is 28.8. The molecule has 8 nitrogen and oxygen atoms in total. The fraction of sp³-hybridized carbons (Fsp3) is 0.767. The third-order valence-electron chi connectivity index (χ3n) is 11.3. The molecule has 38 heavy (non-hydrogen) atoms. The summed E-state index contributed by atoms with van der Waals surface area (Å²) in [6.45, 7) is 12.2. The second kappa shape index (κ2) is 8.65. The minimum Gasteiger partial charge on any atom is -0.481 e. The van der Waals surface area contributed by atoms with Crippen LogP contribution in [0.4, 0.5) is 0 Å². The van der Waals surface area contributed by atoms with Gasteiger partial charge in [-0.2, -0.15) is 0 Å². The predicted octanol–water partition coefficient (Wildman–Crippen LogP) is 3.45. The summed E-state index contributed by atoms with van der Waals surface area (Å²) in [5, 5.41) is 32.4. The molecule has 210 valence electrons. The van der Waals surface area contributed by atoms with Crippen LogP contribution in [0, 0.1) is 39.4 Å². The lowest BCUT2D eigenvalue weighted by Gasteiger charge is -2.60. The van der Waals surface area contributed by atoms with E-state index in [-0.39, 0.29) is 55.4 Å². The van der Waals surface area contributed by atoms with E-state index in [0.717, 1.165) is 0 Å². The number of ketones is 4. The fourth-order valence-corrected chi connectivity index (χ4v) is 8.97. The molecule has 8 atom stereocenters. The maximum absolute atomic E-state index is 14.1. The summed E-state index contributed by atoms with van der Waals surface area (Å²) in [6.07, 6.45) is -0.624. The Bertz CT molecular complexity index is 1160. The smallest absolute Gasteiger partial charge is 0.306 e. The van der Waals surface area contributed by atoms with Gasteiger partial charge in [0.25, 0.3) is 0 Å². The van der Waals surface area contributed by atoms with Gasteiger partial charge in [-0.15, -0.1) is 0 Å². The zero-order valence-corrected chi connectivity index (χ0v) is 23.6. The molecule has 4 aliphatic rings. The average molecular weight is 531 g/mol. The molecule has 0 spiro atoms. The first-order valence-corrected chi connectivity index (χ1v) is 13.7. The third-order valence-corrected chi connectivity index (χ3v) is 11.3. The zero-order valence-electron chi connectivity index (χ0n) is 23.6. The molecule has 0 aliphatic heterocycles. The van der Waals surface area contributed by atoms with E-state index in [9.17, 15) is 39.3 Å². The van der Waals surface area contributed by atoms with E-state index in [4.69, 9.17) is 0 Å². The van der Waals surface area contributed by atoms with Crippen molar-refractivity contribution in [2.24, 2.45) is 39.4 Å². The highest BCUT2D eigenvalue weighted by Crippen LogP contribution is 2.70. The Morgan fingerprint density at radius 3 is 2.26 bits per heavy atom. The maximum atomic E-state index is 14.1. The van der Waals surface area contributed by atoms with Crippen LogP contribution in [0.2, 0.25) is 0 Å². The Hall–Kier alpha value is -2.19. The van der Waals surface area contributed by atoms with E-state index in [0.29, 0.717) is 24.0 Å². The number of allylic oxidation sites excluding steroid dienone is 1. The van der Waals surface area contributed by atoms with Crippen LogP contribution in [0.15, 0.2) is 11.1 Å². The minimum absolute atomic E-state index is 0.0159. The number of carboxylic acid groups (broad SMARTS) is 1. The van der Waals surface area contributed by atoms with Crippen molar-refractivity contribution in [3.05, 3.63) is 11.1 Å². The lowest BCUT2D eigenvalue weighted by molar-refractivity contribution is -0.150. The molecule has 8 heteroatoms. The third kappa shape index (κ3) is 3.73.